The first-order valence-electron chi connectivity index (χ1n) is 6.79. The van der Waals surface area contributed by atoms with Gasteiger partial charge in [0, 0.05) is 26.1 Å². The summed E-state index contributed by atoms with van der Waals surface area (Å²) in [6.45, 7) is 3.60. The van der Waals surface area contributed by atoms with Crippen molar-refractivity contribution < 1.29 is 18.3 Å². The number of rotatable bonds is 4. The van der Waals surface area contributed by atoms with Gasteiger partial charge in [-0.25, -0.2) is 0 Å². The van der Waals surface area contributed by atoms with E-state index in [0.717, 1.165) is 15.4 Å². The summed E-state index contributed by atoms with van der Waals surface area (Å²) in [6, 6.07) is 6.05. The zero-order valence-electron chi connectivity index (χ0n) is 12.4. The molecule has 0 spiro atoms. The molecule has 6 nitrogen and oxygen atoms in total. The zero-order chi connectivity index (χ0) is 15.8. The van der Waals surface area contributed by atoms with Crippen LogP contribution in [0.4, 0.5) is 0 Å². The summed E-state index contributed by atoms with van der Waals surface area (Å²) in [6.07, 6.45) is 0.191. The number of carboxylic acids is 1. The first kappa shape index (κ1) is 15.9. The molecule has 1 unspecified atom stereocenters. The van der Waals surface area contributed by atoms with Gasteiger partial charge in [-0.2, -0.15) is 17.0 Å². The second-order valence-corrected chi connectivity index (χ2v) is 7.43. The second-order valence-electron chi connectivity index (χ2n) is 5.49. The van der Waals surface area contributed by atoms with E-state index in [0.29, 0.717) is 0 Å². The Kier molecular flexibility index (Phi) is 4.36. The number of aliphatic carboxylic acids is 1. The predicted molar refractivity (Wildman–Crippen MR) is 78.9 cm³/mol. The molecule has 0 aliphatic carbocycles. The summed E-state index contributed by atoms with van der Waals surface area (Å²) in [5.74, 6) is -1.12. The van der Waals surface area contributed by atoms with Gasteiger partial charge in [0.2, 0.25) is 0 Å². The van der Waals surface area contributed by atoms with Gasteiger partial charge >= 0.3 is 5.97 Å². The van der Waals surface area contributed by atoms with E-state index in [1.54, 1.807) is 13.8 Å². The minimum atomic E-state index is -3.81. The van der Waals surface area contributed by atoms with Crippen LogP contribution in [0.2, 0.25) is 0 Å². The normalized spacial score (nSPS) is 19.8. The molecule has 1 atom stereocenters. The van der Waals surface area contributed by atoms with Gasteiger partial charge in [-0.05, 0) is 25.0 Å². The molecular weight excluding hydrogens is 292 g/mol. The maximum absolute atomic E-state index is 12.6. The summed E-state index contributed by atoms with van der Waals surface area (Å²) in [5.41, 5.74) is 1.75. The van der Waals surface area contributed by atoms with E-state index in [4.69, 9.17) is 0 Å². The third-order valence-corrected chi connectivity index (χ3v) is 6.00. The van der Waals surface area contributed by atoms with Crippen molar-refractivity contribution >= 4 is 16.2 Å². The average molecular weight is 312 g/mol. The summed E-state index contributed by atoms with van der Waals surface area (Å²) in [5, 5.41) is 9.39. The summed E-state index contributed by atoms with van der Waals surface area (Å²) >= 11 is 0. The van der Waals surface area contributed by atoms with Crippen molar-refractivity contribution in [1.29, 1.82) is 0 Å². The van der Waals surface area contributed by atoms with Crippen molar-refractivity contribution in [2.75, 3.05) is 7.05 Å². The highest BCUT2D eigenvalue weighted by atomic mass is 32.2. The summed E-state index contributed by atoms with van der Waals surface area (Å²) in [7, 11) is -2.34. The van der Waals surface area contributed by atoms with Crippen LogP contribution in [0, 0.1) is 0 Å². The van der Waals surface area contributed by atoms with Crippen LogP contribution < -0.4 is 0 Å². The molecule has 7 heteroatoms. The van der Waals surface area contributed by atoms with Crippen LogP contribution >= 0.6 is 0 Å². The van der Waals surface area contributed by atoms with Gasteiger partial charge in [-0.15, -0.1) is 0 Å². The topological polar surface area (TPSA) is 77.9 Å². The molecule has 0 radical (unpaired) electrons. The second kappa shape index (κ2) is 5.75. The lowest BCUT2D eigenvalue weighted by Gasteiger charge is -2.36. The molecule has 1 aliphatic rings. The SMILES string of the molecule is CC(C)N(C)S(=O)(=O)N1Cc2ccccc2CC1C(=O)O. The Morgan fingerprint density at radius 1 is 1.33 bits per heavy atom. The van der Waals surface area contributed by atoms with E-state index in [9.17, 15) is 18.3 Å². The summed E-state index contributed by atoms with van der Waals surface area (Å²) in [4.78, 5) is 11.5. The van der Waals surface area contributed by atoms with Crippen molar-refractivity contribution in [2.45, 2.75) is 38.9 Å². The molecule has 21 heavy (non-hydrogen) atoms. The Morgan fingerprint density at radius 3 is 2.43 bits per heavy atom. The highest BCUT2D eigenvalue weighted by Gasteiger charge is 2.41. The molecule has 1 heterocycles. The molecule has 0 aromatic heterocycles. The number of nitrogens with zero attached hydrogens (tertiary/aromatic N) is 2. The van der Waals surface area contributed by atoms with Crippen molar-refractivity contribution in [3.05, 3.63) is 35.4 Å². The predicted octanol–water partition coefficient (Wildman–Crippen LogP) is 1.08. The molecule has 1 aliphatic heterocycles. The van der Waals surface area contributed by atoms with Gasteiger partial charge in [0.1, 0.15) is 6.04 Å². The Hall–Kier alpha value is -1.44. The lowest BCUT2D eigenvalue weighted by Crippen LogP contribution is -2.54. The number of hydrogen-bond donors (Lipinski definition) is 1. The van der Waals surface area contributed by atoms with Crippen molar-refractivity contribution in [3.63, 3.8) is 0 Å². The monoisotopic (exact) mass is 312 g/mol. The number of hydrogen-bond acceptors (Lipinski definition) is 3. The Balaban J connectivity index is 2.44. The van der Waals surface area contributed by atoms with Gasteiger partial charge in [0.15, 0.2) is 0 Å². The van der Waals surface area contributed by atoms with Crippen molar-refractivity contribution in [2.24, 2.45) is 0 Å². The lowest BCUT2D eigenvalue weighted by molar-refractivity contribution is -0.142. The lowest BCUT2D eigenvalue weighted by atomic mass is 9.96. The first-order valence-corrected chi connectivity index (χ1v) is 8.19. The fraction of sp³-hybridized carbons (Fsp3) is 0.500. The Labute approximate surface area is 125 Å². The van der Waals surface area contributed by atoms with E-state index in [-0.39, 0.29) is 19.0 Å². The van der Waals surface area contributed by atoms with Crippen LogP contribution in [-0.4, -0.2) is 47.2 Å². The van der Waals surface area contributed by atoms with E-state index in [1.165, 1.54) is 11.4 Å². The molecule has 1 N–H and O–H groups in total. The molecule has 1 aromatic carbocycles. The number of carboxylic acid groups (broad SMARTS) is 1. The van der Waals surface area contributed by atoms with E-state index in [2.05, 4.69) is 0 Å². The molecule has 0 saturated heterocycles. The molecule has 0 saturated carbocycles. The highest BCUT2D eigenvalue weighted by Crippen LogP contribution is 2.27. The van der Waals surface area contributed by atoms with E-state index >= 15 is 0 Å². The fourth-order valence-corrected chi connectivity index (χ4v) is 4.04. The van der Waals surface area contributed by atoms with Gasteiger partial charge in [0.25, 0.3) is 10.2 Å². The van der Waals surface area contributed by atoms with E-state index in [1.807, 2.05) is 24.3 Å². The maximum atomic E-state index is 12.6. The van der Waals surface area contributed by atoms with Gasteiger partial charge in [-0.3, -0.25) is 4.79 Å². The van der Waals surface area contributed by atoms with Crippen LogP contribution in [0.3, 0.4) is 0 Å². The third kappa shape index (κ3) is 2.95. The maximum Gasteiger partial charge on any atom is 0.322 e. The molecule has 0 fully saturated rings. The quantitative estimate of drug-likeness (QED) is 0.902. The Morgan fingerprint density at radius 2 is 1.90 bits per heavy atom. The van der Waals surface area contributed by atoms with Gasteiger partial charge in [0.05, 0.1) is 0 Å². The third-order valence-electron chi connectivity index (χ3n) is 3.88. The molecule has 2 rings (SSSR count). The number of carbonyl (C=O) groups is 1. The van der Waals surface area contributed by atoms with Crippen molar-refractivity contribution in [3.8, 4) is 0 Å². The minimum absolute atomic E-state index is 0.0898. The van der Waals surface area contributed by atoms with Gasteiger partial charge < -0.3 is 5.11 Å². The van der Waals surface area contributed by atoms with Crippen molar-refractivity contribution in [1.82, 2.24) is 8.61 Å². The molecule has 0 amide bonds. The van der Waals surface area contributed by atoms with Crippen LogP contribution in [0.25, 0.3) is 0 Å². The van der Waals surface area contributed by atoms with Gasteiger partial charge in [-0.1, -0.05) is 24.3 Å². The average Bonchev–Trinajstić information content (AvgIpc) is 2.44. The smallest absolute Gasteiger partial charge is 0.322 e. The fourth-order valence-electron chi connectivity index (χ4n) is 2.38. The standard InChI is InChI=1S/C14H20N2O4S/c1-10(2)15(3)21(19,20)16-9-12-7-5-4-6-11(12)8-13(16)14(17)18/h4-7,10,13H,8-9H2,1-3H3,(H,17,18). The molecular formula is C14H20N2O4S. The highest BCUT2D eigenvalue weighted by molar-refractivity contribution is 7.86. The van der Waals surface area contributed by atoms with Crippen LogP contribution in [0.15, 0.2) is 24.3 Å². The van der Waals surface area contributed by atoms with Crippen LogP contribution in [-0.2, 0) is 28.0 Å². The summed E-state index contributed by atoms with van der Waals surface area (Å²) < 4.78 is 27.6. The minimum Gasteiger partial charge on any atom is -0.480 e. The van der Waals surface area contributed by atoms with Crippen LogP contribution in [0.5, 0.6) is 0 Å². The van der Waals surface area contributed by atoms with Crippen LogP contribution in [0.1, 0.15) is 25.0 Å². The molecule has 116 valence electrons. The first-order chi connectivity index (χ1) is 9.75. The Bertz CT molecular complexity index is 642. The van der Waals surface area contributed by atoms with E-state index < -0.39 is 22.2 Å². The molecule has 0 bridgehead atoms. The molecule has 1 aromatic rings. The number of benzene rings is 1. The number of fused-ring (bicyclic) bond motifs is 1. The largest absolute Gasteiger partial charge is 0.480 e. The zero-order valence-corrected chi connectivity index (χ0v) is 13.2.